The zero-order valence-electron chi connectivity index (χ0n) is 16.4. The van der Waals surface area contributed by atoms with Gasteiger partial charge < -0.3 is 16.0 Å². The Balaban J connectivity index is 1.43. The maximum absolute atomic E-state index is 12.1. The standard InChI is InChI=1S/C21H29N5OS/c1-22-21(24-12-11-23-20(27)17-8-3-2-4-9-17)25-16-18(19-10-7-15-28-19)26-13-5-6-14-26/h2-4,7-10,15,18H,5-6,11-14,16H2,1H3,(H,23,27)(H2,22,24,25). The summed E-state index contributed by atoms with van der Waals surface area (Å²) in [6.07, 6.45) is 2.55. The highest BCUT2D eigenvalue weighted by Gasteiger charge is 2.24. The molecule has 1 atom stereocenters. The SMILES string of the molecule is CN=C(NCCNC(=O)c1ccccc1)NCC(c1cccs1)N1CCCC1. The maximum atomic E-state index is 12.1. The lowest BCUT2D eigenvalue weighted by Gasteiger charge is -2.27. The summed E-state index contributed by atoms with van der Waals surface area (Å²) in [6.45, 7) is 4.28. The van der Waals surface area contributed by atoms with Gasteiger partial charge in [-0.1, -0.05) is 24.3 Å². The molecule has 0 bridgehead atoms. The van der Waals surface area contributed by atoms with Crippen LogP contribution in [-0.2, 0) is 0 Å². The highest BCUT2D eigenvalue weighted by atomic mass is 32.1. The maximum Gasteiger partial charge on any atom is 0.251 e. The molecule has 1 aliphatic rings. The third kappa shape index (κ3) is 5.81. The van der Waals surface area contributed by atoms with Gasteiger partial charge in [0.05, 0.1) is 6.04 Å². The lowest BCUT2D eigenvalue weighted by Crippen LogP contribution is -2.44. The van der Waals surface area contributed by atoms with E-state index in [0.29, 0.717) is 24.7 Å². The number of nitrogens with one attached hydrogen (secondary N) is 3. The molecular weight excluding hydrogens is 370 g/mol. The van der Waals surface area contributed by atoms with E-state index in [2.05, 4.69) is 43.4 Å². The van der Waals surface area contributed by atoms with Gasteiger partial charge in [0, 0.05) is 37.1 Å². The van der Waals surface area contributed by atoms with Crippen molar-refractivity contribution in [2.45, 2.75) is 18.9 Å². The molecule has 3 N–H and O–H groups in total. The molecule has 6 nitrogen and oxygen atoms in total. The van der Waals surface area contributed by atoms with Gasteiger partial charge in [-0.25, -0.2) is 0 Å². The second-order valence-electron chi connectivity index (χ2n) is 6.78. The Bertz CT molecular complexity index is 741. The van der Waals surface area contributed by atoms with Gasteiger partial charge in [0.2, 0.25) is 0 Å². The average molecular weight is 400 g/mol. The van der Waals surface area contributed by atoms with Gasteiger partial charge in [-0.3, -0.25) is 14.7 Å². The molecule has 1 unspecified atom stereocenters. The minimum atomic E-state index is -0.0582. The Hall–Kier alpha value is -2.38. The van der Waals surface area contributed by atoms with Crippen LogP contribution in [0.4, 0.5) is 0 Å². The summed E-state index contributed by atoms with van der Waals surface area (Å²) in [6, 6.07) is 14.0. The summed E-state index contributed by atoms with van der Waals surface area (Å²) in [5, 5.41) is 11.8. The van der Waals surface area contributed by atoms with Gasteiger partial charge in [-0.05, 0) is 49.5 Å². The van der Waals surface area contributed by atoms with Crippen molar-refractivity contribution in [3.05, 3.63) is 58.3 Å². The molecule has 7 heteroatoms. The molecule has 0 spiro atoms. The average Bonchev–Trinajstić information content (AvgIpc) is 3.45. The first-order chi connectivity index (χ1) is 13.8. The van der Waals surface area contributed by atoms with Gasteiger partial charge in [0.1, 0.15) is 0 Å². The summed E-state index contributed by atoms with van der Waals surface area (Å²) < 4.78 is 0. The normalized spacial score (nSPS) is 16.0. The van der Waals surface area contributed by atoms with Crippen LogP contribution in [0.25, 0.3) is 0 Å². The number of guanidine groups is 1. The lowest BCUT2D eigenvalue weighted by molar-refractivity contribution is 0.0954. The van der Waals surface area contributed by atoms with Crippen LogP contribution in [0.15, 0.2) is 52.8 Å². The number of aliphatic imine (C=N–C) groups is 1. The highest BCUT2D eigenvalue weighted by molar-refractivity contribution is 7.10. The van der Waals surface area contributed by atoms with Crippen molar-refractivity contribution in [3.63, 3.8) is 0 Å². The smallest absolute Gasteiger partial charge is 0.251 e. The number of hydrogen-bond donors (Lipinski definition) is 3. The number of nitrogens with zero attached hydrogens (tertiary/aromatic N) is 2. The molecule has 1 amide bonds. The van der Waals surface area contributed by atoms with Crippen molar-refractivity contribution in [2.24, 2.45) is 4.99 Å². The van der Waals surface area contributed by atoms with E-state index in [0.717, 1.165) is 25.6 Å². The molecular formula is C21H29N5OS. The van der Waals surface area contributed by atoms with E-state index in [4.69, 9.17) is 0 Å². The Morgan fingerprint density at radius 1 is 1.07 bits per heavy atom. The van der Waals surface area contributed by atoms with Crippen LogP contribution in [0.5, 0.6) is 0 Å². The molecule has 2 heterocycles. The molecule has 28 heavy (non-hydrogen) atoms. The minimum Gasteiger partial charge on any atom is -0.355 e. The zero-order valence-corrected chi connectivity index (χ0v) is 17.2. The molecule has 0 radical (unpaired) electrons. The fraction of sp³-hybridized carbons (Fsp3) is 0.429. The second-order valence-corrected chi connectivity index (χ2v) is 7.76. The van der Waals surface area contributed by atoms with Crippen molar-refractivity contribution in [1.29, 1.82) is 0 Å². The number of rotatable bonds is 8. The first-order valence-corrected chi connectivity index (χ1v) is 10.7. The van der Waals surface area contributed by atoms with Crippen LogP contribution in [-0.4, -0.2) is 56.5 Å². The second kappa shape index (κ2) is 10.8. The number of carbonyl (C=O) groups is 1. The molecule has 0 aliphatic carbocycles. The van der Waals surface area contributed by atoms with E-state index in [9.17, 15) is 4.79 Å². The fourth-order valence-corrected chi connectivity index (χ4v) is 4.27. The third-order valence-corrected chi connectivity index (χ3v) is 5.85. The van der Waals surface area contributed by atoms with E-state index in [1.807, 2.05) is 41.7 Å². The first-order valence-electron chi connectivity index (χ1n) is 9.83. The quantitative estimate of drug-likeness (QED) is 0.362. The van der Waals surface area contributed by atoms with E-state index in [-0.39, 0.29) is 5.91 Å². The molecule has 1 aromatic heterocycles. The zero-order chi connectivity index (χ0) is 19.6. The predicted octanol–water partition coefficient (Wildman–Crippen LogP) is 2.48. The predicted molar refractivity (Wildman–Crippen MR) is 116 cm³/mol. The van der Waals surface area contributed by atoms with Gasteiger partial charge >= 0.3 is 0 Å². The van der Waals surface area contributed by atoms with Crippen LogP contribution >= 0.6 is 11.3 Å². The van der Waals surface area contributed by atoms with Crippen molar-refractivity contribution in [2.75, 3.05) is 39.8 Å². The fourth-order valence-electron chi connectivity index (χ4n) is 3.41. The van der Waals surface area contributed by atoms with Gasteiger partial charge in [-0.15, -0.1) is 11.3 Å². The van der Waals surface area contributed by atoms with E-state index < -0.39 is 0 Å². The molecule has 2 aromatic rings. The third-order valence-electron chi connectivity index (χ3n) is 4.88. The largest absolute Gasteiger partial charge is 0.355 e. The van der Waals surface area contributed by atoms with E-state index >= 15 is 0 Å². The molecule has 1 aliphatic heterocycles. The Morgan fingerprint density at radius 2 is 1.82 bits per heavy atom. The number of benzene rings is 1. The van der Waals surface area contributed by atoms with Crippen molar-refractivity contribution in [3.8, 4) is 0 Å². The number of thiophene rings is 1. The Labute approximate surface area is 171 Å². The Kier molecular flexibility index (Phi) is 7.87. The molecule has 3 rings (SSSR count). The number of carbonyl (C=O) groups excluding carboxylic acids is 1. The van der Waals surface area contributed by atoms with Crippen LogP contribution in [0.1, 0.15) is 34.1 Å². The van der Waals surface area contributed by atoms with Crippen molar-refractivity contribution < 1.29 is 4.79 Å². The first kappa shape index (κ1) is 20.4. The topological polar surface area (TPSA) is 68.8 Å². The molecule has 0 saturated carbocycles. The van der Waals surface area contributed by atoms with Crippen molar-refractivity contribution in [1.82, 2.24) is 20.9 Å². The number of hydrogen-bond acceptors (Lipinski definition) is 4. The van der Waals surface area contributed by atoms with Crippen LogP contribution < -0.4 is 16.0 Å². The van der Waals surface area contributed by atoms with Crippen LogP contribution in [0, 0.1) is 0 Å². The summed E-state index contributed by atoms with van der Waals surface area (Å²) in [5.41, 5.74) is 0.675. The Morgan fingerprint density at radius 3 is 2.50 bits per heavy atom. The monoisotopic (exact) mass is 399 g/mol. The molecule has 1 saturated heterocycles. The number of likely N-dealkylation sites (tertiary alicyclic amines) is 1. The highest BCUT2D eigenvalue weighted by Crippen LogP contribution is 2.27. The summed E-state index contributed by atoms with van der Waals surface area (Å²) in [7, 11) is 1.77. The van der Waals surface area contributed by atoms with Gasteiger partial charge in [0.15, 0.2) is 5.96 Å². The van der Waals surface area contributed by atoms with Gasteiger partial charge in [0.25, 0.3) is 5.91 Å². The molecule has 1 fully saturated rings. The minimum absolute atomic E-state index is 0.0582. The lowest BCUT2D eigenvalue weighted by atomic mass is 10.2. The number of amides is 1. The molecule has 150 valence electrons. The van der Waals surface area contributed by atoms with Crippen molar-refractivity contribution >= 4 is 23.2 Å². The van der Waals surface area contributed by atoms with Gasteiger partial charge in [-0.2, -0.15) is 0 Å². The summed E-state index contributed by atoms with van der Waals surface area (Å²) >= 11 is 1.81. The van der Waals surface area contributed by atoms with E-state index in [1.54, 1.807) is 7.05 Å². The summed E-state index contributed by atoms with van der Waals surface area (Å²) in [4.78, 5) is 20.3. The van der Waals surface area contributed by atoms with Crippen LogP contribution in [0.2, 0.25) is 0 Å². The molecule has 1 aromatic carbocycles. The van der Waals surface area contributed by atoms with E-state index in [1.165, 1.54) is 17.7 Å². The summed E-state index contributed by atoms with van der Waals surface area (Å²) in [5.74, 6) is 0.701. The van der Waals surface area contributed by atoms with Crippen LogP contribution in [0.3, 0.4) is 0 Å².